The fraction of sp³-hybridized carbons (Fsp3) is 0.462. The molecule has 0 bridgehead atoms. The third kappa shape index (κ3) is 4.16. The highest BCUT2D eigenvalue weighted by atomic mass is 35.5. The Balaban J connectivity index is 2.80. The summed E-state index contributed by atoms with van der Waals surface area (Å²) in [5.74, 6) is 0.0459. The highest BCUT2D eigenvalue weighted by Crippen LogP contribution is 2.30. The highest BCUT2D eigenvalue weighted by Gasteiger charge is 2.19. The molecule has 1 amide bonds. The van der Waals surface area contributed by atoms with Crippen molar-refractivity contribution in [1.82, 2.24) is 0 Å². The molecule has 0 aliphatic rings. The topological polar surface area (TPSA) is 55.1 Å². The van der Waals surface area contributed by atoms with Crippen molar-refractivity contribution >= 4 is 34.8 Å². The fourth-order valence-corrected chi connectivity index (χ4v) is 2.21. The molecule has 1 aromatic carbocycles. The number of halogens is 2. The van der Waals surface area contributed by atoms with Crippen LogP contribution in [0.3, 0.4) is 0 Å². The van der Waals surface area contributed by atoms with Crippen molar-refractivity contribution < 1.29 is 4.79 Å². The van der Waals surface area contributed by atoms with E-state index in [9.17, 15) is 4.79 Å². The molecule has 0 fully saturated rings. The van der Waals surface area contributed by atoms with Crippen LogP contribution in [-0.4, -0.2) is 12.5 Å². The first-order chi connectivity index (χ1) is 8.45. The maximum atomic E-state index is 12.1. The van der Waals surface area contributed by atoms with E-state index in [2.05, 4.69) is 19.2 Å². The summed E-state index contributed by atoms with van der Waals surface area (Å²) in [7, 11) is 0. The summed E-state index contributed by atoms with van der Waals surface area (Å²) in [5.41, 5.74) is 6.08. The second kappa shape index (κ2) is 6.98. The van der Waals surface area contributed by atoms with Crippen LogP contribution in [0.5, 0.6) is 0 Å². The maximum absolute atomic E-state index is 12.1. The Morgan fingerprint density at radius 2 is 1.89 bits per heavy atom. The van der Waals surface area contributed by atoms with E-state index in [1.54, 1.807) is 18.2 Å². The average molecular weight is 289 g/mol. The number of carbonyl (C=O) groups excluding carboxylic acids is 1. The summed E-state index contributed by atoms with van der Waals surface area (Å²) < 4.78 is 0. The summed E-state index contributed by atoms with van der Waals surface area (Å²) in [6.07, 6.45) is 0.740. The van der Waals surface area contributed by atoms with Crippen molar-refractivity contribution in [2.75, 3.05) is 11.9 Å². The second-order valence-corrected chi connectivity index (χ2v) is 5.46. The minimum atomic E-state index is -0.225. The lowest BCUT2D eigenvalue weighted by Crippen LogP contribution is -2.30. The van der Waals surface area contributed by atoms with E-state index in [0.717, 1.165) is 6.42 Å². The molecule has 0 spiro atoms. The van der Waals surface area contributed by atoms with Crippen LogP contribution < -0.4 is 11.1 Å². The quantitative estimate of drug-likeness (QED) is 0.871. The Hall–Kier alpha value is -0.770. The first-order valence-electron chi connectivity index (χ1n) is 5.90. The number of amides is 1. The van der Waals surface area contributed by atoms with Gasteiger partial charge in [-0.25, -0.2) is 0 Å². The molecular formula is C13H18Cl2N2O. The number of rotatable bonds is 5. The number of anilines is 1. The van der Waals surface area contributed by atoms with Gasteiger partial charge in [0.05, 0.1) is 21.7 Å². The van der Waals surface area contributed by atoms with Crippen molar-refractivity contribution in [3.63, 3.8) is 0 Å². The number of hydrogen-bond acceptors (Lipinski definition) is 2. The molecule has 5 heteroatoms. The van der Waals surface area contributed by atoms with E-state index in [-0.39, 0.29) is 11.8 Å². The molecular weight excluding hydrogens is 271 g/mol. The van der Waals surface area contributed by atoms with E-state index in [0.29, 0.717) is 28.2 Å². The molecule has 1 atom stereocenters. The summed E-state index contributed by atoms with van der Waals surface area (Å²) in [6.45, 7) is 4.42. The number of nitrogens with two attached hydrogens (primary N) is 1. The lowest BCUT2D eigenvalue weighted by atomic mass is 9.96. The predicted octanol–water partition coefficient (Wildman–Crippen LogP) is 3.55. The molecule has 0 radical (unpaired) electrons. The molecule has 0 heterocycles. The van der Waals surface area contributed by atoms with Crippen LogP contribution in [-0.2, 0) is 4.79 Å². The smallest absolute Gasteiger partial charge is 0.228 e. The maximum Gasteiger partial charge on any atom is 0.228 e. The van der Waals surface area contributed by atoms with Crippen molar-refractivity contribution in [1.29, 1.82) is 0 Å². The third-order valence-corrected chi connectivity index (χ3v) is 3.25. The van der Waals surface area contributed by atoms with E-state index in [1.807, 2.05) is 0 Å². The van der Waals surface area contributed by atoms with E-state index in [1.165, 1.54) is 0 Å². The molecule has 0 aliphatic heterocycles. The molecule has 1 unspecified atom stereocenters. The molecule has 0 saturated carbocycles. The average Bonchev–Trinajstić information content (AvgIpc) is 2.30. The van der Waals surface area contributed by atoms with Gasteiger partial charge in [-0.1, -0.05) is 43.1 Å². The minimum Gasteiger partial charge on any atom is -0.330 e. The van der Waals surface area contributed by atoms with Crippen molar-refractivity contribution in [2.45, 2.75) is 20.3 Å². The normalized spacial score (nSPS) is 12.6. The third-order valence-electron chi connectivity index (χ3n) is 2.62. The molecule has 1 rings (SSSR count). The van der Waals surface area contributed by atoms with Crippen molar-refractivity contribution in [3.05, 3.63) is 28.2 Å². The summed E-state index contributed by atoms with van der Waals surface area (Å²) >= 11 is 12.0. The van der Waals surface area contributed by atoms with Gasteiger partial charge in [0.2, 0.25) is 5.91 Å². The molecule has 3 nitrogen and oxygen atoms in total. The van der Waals surface area contributed by atoms with Crippen molar-refractivity contribution in [3.8, 4) is 0 Å². The minimum absolute atomic E-state index is 0.138. The summed E-state index contributed by atoms with van der Waals surface area (Å²) in [4.78, 5) is 12.1. The van der Waals surface area contributed by atoms with Gasteiger partial charge in [0.15, 0.2) is 0 Å². The molecule has 1 aromatic rings. The molecule has 18 heavy (non-hydrogen) atoms. The lowest BCUT2D eigenvalue weighted by molar-refractivity contribution is -0.120. The molecule has 0 saturated heterocycles. The molecule has 3 N–H and O–H groups in total. The van der Waals surface area contributed by atoms with E-state index < -0.39 is 0 Å². The standard InChI is InChI=1S/C13H18Cl2N2O/c1-8(2)6-9(7-16)13(18)17-12-10(14)4-3-5-11(12)15/h3-5,8-9H,6-7,16H2,1-2H3,(H,17,18). The monoisotopic (exact) mass is 288 g/mol. The fourth-order valence-electron chi connectivity index (χ4n) is 1.72. The molecule has 0 aromatic heterocycles. The first kappa shape index (κ1) is 15.3. The van der Waals surface area contributed by atoms with Crippen LogP contribution in [0.4, 0.5) is 5.69 Å². The van der Waals surface area contributed by atoms with Crippen molar-refractivity contribution in [2.24, 2.45) is 17.6 Å². The highest BCUT2D eigenvalue weighted by molar-refractivity contribution is 6.39. The van der Waals surface area contributed by atoms with Gasteiger partial charge in [-0.2, -0.15) is 0 Å². The summed E-state index contributed by atoms with van der Waals surface area (Å²) in [6, 6.07) is 5.10. The van der Waals surface area contributed by atoms with Crippen LogP contribution in [0.15, 0.2) is 18.2 Å². The zero-order valence-electron chi connectivity index (χ0n) is 10.5. The van der Waals surface area contributed by atoms with Crippen LogP contribution in [0.25, 0.3) is 0 Å². The van der Waals surface area contributed by atoms with Crippen LogP contribution in [0.2, 0.25) is 10.0 Å². The molecule has 100 valence electrons. The second-order valence-electron chi connectivity index (χ2n) is 4.65. The van der Waals surface area contributed by atoms with Gasteiger partial charge in [-0.15, -0.1) is 0 Å². The number of para-hydroxylation sites is 1. The summed E-state index contributed by atoms with van der Waals surface area (Å²) in [5, 5.41) is 3.61. The molecule has 0 aliphatic carbocycles. The van der Waals surface area contributed by atoms with Gasteiger partial charge in [-0.05, 0) is 24.5 Å². The van der Waals surface area contributed by atoms with E-state index in [4.69, 9.17) is 28.9 Å². The Morgan fingerprint density at radius 3 is 2.33 bits per heavy atom. The lowest BCUT2D eigenvalue weighted by Gasteiger charge is -2.17. The van der Waals surface area contributed by atoms with Gasteiger partial charge >= 0.3 is 0 Å². The number of nitrogens with one attached hydrogen (secondary N) is 1. The van der Waals surface area contributed by atoms with Crippen LogP contribution >= 0.6 is 23.2 Å². The van der Waals surface area contributed by atoms with Gasteiger partial charge in [0.1, 0.15) is 0 Å². The van der Waals surface area contributed by atoms with Gasteiger partial charge < -0.3 is 11.1 Å². The van der Waals surface area contributed by atoms with Gasteiger partial charge in [0.25, 0.3) is 0 Å². The van der Waals surface area contributed by atoms with Crippen LogP contribution in [0.1, 0.15) is 20.3 Å². The van der Waals surface area contributed by atoms with E-state index >= 15 is 0 Å². The number of hydrogen-bond donors (Lipinski definition) is 2. The Kier molecular flexibility index (Phi) is 5.93. The number of benzene rings is 1. The first-order valence-corrected chi connectivity index (χ1v) is 6.66. The zero-order chi connectivity index (χ0) is 13.7. The SMILES string of the molecule is CC(C)CC(CN)C(=O)Nc1c(Cl)cccc1Cl. The van der Waals surface area contributed by atoms with Gasteiger partial charge in [0, 0.05) is 6.54 Å². The van der Waals surface area contributed by atoms with Gasteiger partial charge in [-0.3, -0.25) is 4.79 Å². The van der Waals surface area contributed by atoms with Crippen LogP contribution in [0, 0.1) is 11.8 Å². The largest absolute Gasteiger partial charge is 0.330 e. The number of carbonyl (C=O) groups is 1. The Morgan fingerprint density at radius 1 is 1.33 bits per heavy atom. The Labute approximate surface area is 118 Å². The Bertz CT molecular complexity index is 401. The predicted molar refractivity (Wildman–Crippen MR) is 77.1 cm³/mol. The zero-order valence-corrected chi connectivity index (χ0v) is 12.1.